The number of hydrogen-bond donors (Lipinski definition) is 2. The van der Waals surface area contributed by atoms with E-state index in [2.05, 4.69) is 15.2 Å². The van der Waals surface area contributed by atoms with Crippen molar-refractivity contribution in [3.63, 3.8) is 0 Å². The first-order valence-electron chi connectivity index (χ1n) is 7.56. The minimum atomic E-state index is -0.0162. The number of carbonyl (C=O) groups excluding carboxylic acids is 1. The summed E-state index contributed by atoms with van der Waals surface area (Å²) >= 11 is 6.17. The number of nitrogens with zero attached hydrogens (tertiary/aromatic N) is 2. The van der Waals surface area contributed by atoms with Crippen molar-refractivity contribution in [3.05, 3.63) is 23.4 Å². The lowest BCUT2D eigenvalue weighted by molar-refractivity contribution is -0.125. The Balaban J connectivity index is 1.58. The molecule has 3 rings (SSSR count). The van der Waals surface area contributed by atoms with Crippen molar-refractivity contribution in [2.75, 3.05) is 18.0 Å². The van der Waals surface area contributed by atoms with Gasteiger partial charge in [-0.1, -0.05) is 18.0 Å². The molecular formula is C15H21ClN4O. The van der Waals surface area contributed by atoms with Gasteiger partial charge < -0.3 is 16.0 Å². The Morgan fingerprint density at radius 2 is 2.29 bits per heavy atom. The van der Waals surface area contributed by atoms with Gasteiger partial charge >= 0.3 is 0 Å². The lowest BCUT2D eigenvalue weighted by atomic mass is 10.0. The van der Waals surface area contributed by atoms with Gasteiger partial charge in [0, 0.05) is 31.4 Å². The van der Waals surface area contributed by atoms with Gasteiger partial charge in [-0.05, 0) is 31.4 Å². The molecule has 1 saturated heterocycles. The van der Waals surface area contributed by atoms with Gasteiger partial charge in [0.15, 0.2) is 0 Å². The first-order valence-corrected chi connectivity index (χ1v) is 7.94. The summed E-state index contributed by atoms with van der Waals surface area (Å²) in [6.07, 6.45) is 5.58. The third kappa shape index (κ3) is 3.14. The van der Waals surface area contributed by atoms with E-state index >= 15 is 0 Å². The molecule has 1 saturated carbocycles. The minimum Gasteiger partial charge on any atom is -0.353 e. The van der Waals surface area contributed by atoms with Crippen molar-refractivity contribution in [2.45, 2.75) is 37.8 Å². The van der Waals surface area contributed by atoms with Crippen LogP contribution in [0.5, 0.6) is 0 Å². The average molecular weight is 309 g/mol. The zero-order chi connectivity index (χ0) is 14.8. The Hall–Kier alpha value is -1.33. The molecule has 3 N–H and O–H groups in total. The number of anilines is 1. The van der Waals surface area contributed by atoms with Gasteiger partial charge in [-0.2, -0.15) is 0 Å². The third-order valence-electron chi connectivity index (χ3n) is 4.48. The van der Waals surface area contributed by atoms with E-state index < -0.39 is 0 Å². The van der Waals surface area contributed by atoms with Crippen molar-refractivity contribution >= 4 is 23.3 Å². The van der Waals surface area contributed by atoms with Crippen LogP contribution in [0.2, 0.25) is 5.02 Å². The third-order valence-corrected chi connectivity index (χ3v) is 4.77. The van der Waals surface area contributed by atoms with E-state index in [1.54, 1.807) is 6.20 Å². The number of amides is 1. The summed E-state index contributed by atoms with van der Waals surface area (Å²) in [6.45, 7) is 1.61. The van der Waals surface area contributed by atoms with E-state index in [0.717, 1.165) is 44.6 Å². The number of carbonyl (C=O) groups is 1. The molecule has 1 aromatic heterocycles. The summed E-state index contributed by atoms with van der Waals surface area (Å²) in [6, 6.07) is 3.84. The number of nitrogens with one attached hydrogen (secondary N) is 1. The predicted molar refractivity (Wildman–Crippen MR) is 83.3 cm³/mol. The molecule has 1 aromatic rings. The average Bonchev–Trinajstić information content (AvgIpc) is 3.08. The van der Waals surface area contributed by atoms with Gasteiger partial charge in [0.1, 0.15) is 5.82 Å². The van der Waals surface area contributed by atoms with Crippen LogP contribution in [0, 0.1) is 5.92 Å². The molecule has 0 spiro atoms. The van der Waals surface area contributed by atoms with Crippen LogP contribution < -0.4 is 16.0 Å². The molecule has 0 radical (unpaired) electrons. The van der Waals surface area contributed by atoms with Crippen LogP contribution in [0.3, 0.4) is 0 Å². The lowest BCUT2D eigenvalue weighted by Crippen LogP contribution is -2.44. The second kappa shape index (κ2) is 6.20. The summed E-state index contributed by atoms with van der Waals surface area (Å²) in [5, 5.41) is 3.79. The Morgan fingerprint density at radius 3 is 3.00 bits per heavy atom. The second-order valence-electron chi connectivity index (χ2n) is 5.95. The molecule has 0 aromatic carbocycles. The second-order valence-corrected chi connectivity index (χ2v) is 6.36. The number of nitrogens with two attached hydrogens (primary N) is 1. The fourth-order valence-corrected chi connectivity index (χ4v) is 3.54. The Bertz CT molecular complexity index is 524. The van der Waals surface area contributed by atoms with Gasteiger partial charge in [-0.15, -0.1) is 0 Å². The highest BCUT2D eigenvalue weighted by molar-refractivity contribution is 6.32. The number of hydrogen-bond acceptors (Lipinski definition) is 4. The zero-order valence-corrected chi connectivity index (χ0v) is 12.7. The summed E-state index contributed by atoms with van der Waals surface area (Å²) in [7, 11) is 0. The zero-order valence-electron chi connectivity index (χ0n) is 12.0. The molecule has 1 aliphatic carbocycles. The monoisotopic (exact) mass is 308 g/mol. The van der Waals surface area contributed by atoms with E-state index in [0.29, 0.717) is 5.02 Å². The van der Waals surface area contributed by atoms with E-state index in [4.69, 9.17) is 17.3 Å². The van der Waals surface area contributed by atoms with Crippen molar-refractivity contribution in [1.29, 1.82) is 0 Å². The van der Waals surface area contributed by atoms with Crippen LogP contribution in [0.25, 0.3) is 0 Å². The molecule has 114 valence electrons. The van der Waals surface area contributed by atoms with E-state index in [-0.39, 0.29) is 23.9 Å². The van der Waals surface area contributed by atoms with Crippen molar-refractivity contribution in [2.24, 2.45) is 11.7 Å². The maximum absolute atomic E-state index is 12.3. The lowest BCUT2D eigenvalue weighted by Gasteiger charge is -2.21. The van der Waals surface area contributed by atoms with E-state index in [1.165, 1.54) is 0 Å². The normalized spacial score (nSPS) is 28.9. The SMILES string of the molecule is N[C@@H]1CCC[C@@H]1C(=O)N[C@H]1CCN(c2ncccc2Cl)C1. The molecule has 0 unspecified atom stereocenters. The van der Waals surface area contributed by atoms with Crippen molar-refractivity contribution < 1.29 is 4.79 Å². The van der Waals surface area contributed by atoms with Gasteiger partial charge in [0.2, 0.25) is 5.91 Å². The first-order chi connectivity index (χ1) is 10.1. The highest BCUT2D eigenvalue weighted by atomic mass is 35.5. The molecule has 1 aliphatic heterocycles. The van der Waals surface area contributed by atoms with E-state index in [9.17, 15) is 4.79 Å². The molecule has 5 nitrogen and oxygen atoms in total. The highest BCUT2D eigenvalue weighted by Crippen LogP contribution is 2.27. The van der Waals surface area contributed by atoms with Crippen LogP contribution in [-0.2, 0) is 4.79 Å². The number of rotatable bonds is 3. The fraction of sp³-hybridized carbons (Fsp3) is 0.600. The topological polar surface area (TPSA) is 71.2 Å². The fourth-order valence-electron chi connectivity index (χ4n) is 3.30. The Kier molecular flexibility index (Phi) is 4.31. The molecule has 2 fully saturated rings. The van der Waals surface area contributed by atoms with Gasteiger partial charge in [0.25, 0.3) is 0 Å². The number of pyridine rings is 1. The first kappa shape index (κ1) is 14.6. The van der Waals surface area contributed by atoms with Crippen LogP contribution in [0.15, 0.2) is 18.3 Å². The van der Waals surface area contributed by atoms with Crippen LogP contribution >= 0.6 is 11.6 Å². The molecule has 6 heteroatoms. The highest BCUT2D eigenvalue weighted by Gasteiger charge is 2.33. The molecule has 2 heterocycles. The van der Waals surface area contributed by atoms with Gasteiger partial charge in [-0.3, -0.25) is 4.79 Å². The largest absolute Gasteiger partial charge is 0.353 e. The minimum absolute atomic E-state index is 0.0162. The molecule has 0 bridgehead atoms. The maximum Gasteiger partial charge on any atom is 0.224 e. The maximum atomic E-state index is 12.3. The van der Waals surface area contributed by atoms with Crippen LogP contribution in [0.4, 0.5) is 5.82 Å². The Labute approximate surface area is 129 Å². The summed E-state index contributed by atoms with van der Waals surface area (Å²) in [4.78, 5) is 18.7. The van der Waals surface area contributed by atoms with E-state index in [1.807, 2.05) is 12.1 Å². The number of aromatic nitrogens is 1. The molecule has 21 heavy (non-hydrogen) atoms. The molecule has 2 aliphatic rings. The van der Waals surface area contributed by atoms with Crippen molar-refractivity contribution in [1.82, 2.24) is 10.3 Å². The Morgan fingerprint density at radius 1 is 1.43 bits per heavy atom. The molecule has 1 amide bonds. The standard InChI is InChI=1S/C15H21ClN4O/c16-12-4-2-7-18-14(12)20-8-6-10(9-20)19-15(21)11-3-1-5-13(11)17/h2,4,7,10-11,13H,1,3,5-6,8-9,17H2,(H,19,21)/t10-,11-,13+/m0/s1. The van der Waals surface area contributed by atoms with Gasteiger partial charge in [-0.25, -0.2) is 4.98 Å². The van der Waals surface area contributed by atoms with Crippen LogP contribution in [-0.4, -0.2) is 36.1 Å². The number of halogens is 1. The van der Waals surface area contributed by atoms with Crippen LogP contribution in [0.1, 0.15) is 25.7 Å². The molecular weight excluding hydrogens is 288 g/mol. The predicted octanol–water partition coefficient (Wildman–Crippen LogP) is 1.56. The summed E-state index contributed by atoms with van der Waals surface area (Å²) in [5.41, 5.74) is 5.99. The summed E-state index contributed by atoms with van der Waals surface area (Å²) in [5.74, 6) is 0.893. The summed E-state index contributed by atoms with van der Waals surface area (Å²) < 4.78 is 0. The quantitative estimate of drug-likeness (QED) is 0.889. The van der Waals surface area contributed by atoms with Gasteiger partial charge in [0.05, 0.1) is 10.9 Å². The molecule has 3 atom stereocenters. The van der Waals surface area contributed by atoms with Crippen molar-refractivity contribution in [3.8, 4) is 0 Å². The smallest absolute Gasteiger partial charge is 0.224 e.